The van der Waals surface area contributed by atoms with Gasteiger partial charge in [-0.1, -0.05) is 6.92 Å². The summed E-state index contributed by atoms with van der Waals surface area (Å²) in [6.07, 6.45) is 0. The third-order valence-electron chi connectivity index (χ3n) is 4.74. The SMILES string of the molecule is CCNC(=NCc1sccc1C)NCC(C)N1CCN(CC)CC1.I. The molecule has 0 aromatic carbocycles. The van der Waals surface area contributed by atoms with E-state index in [1.54, 1.807) is 11.3 Å². The fourth-order valence-electron chi connectivity index (χ4n) is 2.95. The third-order valence-corrected chi connectivity index (χ3v) is 5.74. The van der Waals surface area contributed by atoms with E-state index in [1.807, 2.05) is 0 Å². The average molecular weight is 479 g/mol. The van der Waals surface area contributed by atoms with E-state index in [9.17, 15) is 0 Å². The van der Waals surface area contributed by atoms with Crippen molar-refractivity contribution in [3.05, 3.63) is 21.9 Å². The molecule has 0 radical (unpaired) electrons. The Hall–Kier alpha value is -0.380. The number of likely N-dealkylation sites (N-methyl/N-ethyl adjacent to an activating group) is 1. The molecule has 1 aliphatic heterocycles. The van der Waals surface area contributed by atoms with Crippen LogP contribution in [-0.2, 0) is 6.54 Å². The van der Waals surface area contributed by atoms with Gasteiger partial charge in [-0.3, -0.25) is 4.90 Å². The molecular formula is C18H34IN5S. The van der Waals surface area contributed by atoms with Gasteiger partial charge >= 0.3 is 0 Å². The largest absolute Gasteiger partial charge is 0.357 e. The second kappa shape index (κ2) is 12.1. The first-order valence-corrected chi connectivity index (χ1v) is 10.0. The number of nitrogens with one attached hydrogen (secondary N) is 2. The topological polar surface area (TPSA) is 42.9 Å². The molecule has 1 atom stereocenters. The number of guanidine groups is 1. The van der Waals surface area contributed by atoms with Crippen molar-refractivity contribution in [3.8, 4) is 0 Å². The van der Waals surface area contributed by atoms with E-state index in [0.717, 1.165) is 25.6 Å². The Morgan fingerprint density at radius 3 is 2.52 bits per heavy atom. The zero-order valence-corrected chi connectivity index (χ0v) is 19.2. The smallest absolute Gasteiger partial charge is 0.191 e. The van der Waals surface area contributed by atoms with Gasteiger partial charge < -0.3 is 15.5 Å². The van der Waals surface area contributed by atoms with Gasteiger partial charge in [0.1, 0.15) is 0 Å². The first-order valence-electron chi connectivity index (χ1n) is 9.15. The average Bonchev–Trinajstić information content (AvgIpc) is 3.02. The number of hydrogen-bond donors (Lipinski definition) is 2. The quantitative estimate of drug-likeness (QED) is 0.359. The van der Waals surface area contributed by atoms with Crippen LogP contribution in [0, 0.1) is 6.92 Å². The monoisotopic (exact) mass is 479 g/mol. The van der Waals surface area contributed by atoms with Gasteiger partial charge in [0.2, 0.25) is 0 Å². The van der Waals surface area contributed by atoms with Crippen LogP contribution >= 0.6 is 35.3 Å². The minimum atomic E-state index is 0. The molecule has 1 aliphatic rings. The molecule has 0 amide bonds. The molecule has 0 saturated carbocycles. The highest BCUT2D eigenvalue weighted by Crippen LogP contribution is 2.16. The Kier molecular flexibility index (Phi) is 11.0. The Labute approximate surface area is 174 Å². The Bertz CT molecular complexity index is 511. The van der Waals surface area contributed by atoms with Crippen LogP contribution in [-0.4, -0.2) is 67.6 Å². The lowest BCUT2D eigenvalue weighted by Gasteiger charge is -2.37. The number of rotatable bonds is 7. The van der Waals surface area contributed by atoms with Crippen molar-refractivity contribution < 1.29 is 0 Å². The van der Waals surface area contributed by atoms with Crippen LogP contribution in [0.3, 0.4) is 0 Å². The van der Waals surface area contributed by atoms with Crippen molar-refractivity contribution in [2.75, 3.05) is 45.8 Å². The van der Waals surface area contributed by atoms with E-state index in [-0.39, 0.29) is 24.0 Å². The predicted octanol–water partition coefficient (Wildman–Crippen LogP) is 2.76. The van der Waals surface area contributed by atoms with Crippen molar-refractivity contribution in [2.24, 2.45) is 4.99 Å². The maximum absolute atomic E-state index is 4.74. The van der Waals surface area contributed by atoms with Crippen molar-refractivity contribution in [3.63, 3.8) is 0 Å². The molecule has 0 aliphatic carbocycles. The minimum absolute atomic E-state index is 0. The van der Waals surface area contributed by atoms with Crippen LogP contribution in [0.1, 0.15) is 31.2 Å². The van der Waals surface area contributed by atoms with Gasteiger partial charge in [0.15, 0.2) is 5.96 Å². The molecule has 0 spiro atoms. The first-order chi connectivity index (χ1) is 11.6. The summed E-state index contributed by atoms with van der Waals surface area (Å²) in [7, 11) is 0. The highest BCUT2D eigenvalue weighted by molar-refractivity contribution is 14.0. The summed E-state index contributed by atoms with van der Waals surface area (Å²) in [4.78, 5) is 11.2. The molecular weight excluding hydrogens is 445 g/mol. The fourth-order valence-corrected chi connectivity index (χ4v) is 3.78. The lowest BCUT2D eigenvalue weighted by atomic mass is 10.2. The molecule has 2 rings (SSSR count). The third kappa shape index (κ3) is 7.40. The molecule has 7 heteroatoms. The lowest BCUT2D eigenvalue weighted by Crippen LogP contribution is -2.53. The molecule has 25 heavy (non-hydrogen) atoms. The fraction of sp³-hybridized carbons (Fsp3) is 0.722. The van der Waals surface area contributed by atoms with E-state index >= 15 is 0 Å². The molecule has 1 aromatic heterocycles. The molecule has 2 N–H and O–H groups in total. The number of hydrogen-bond acceptors (Lipinski definition) is 4. The van der Waals surface area contributed by atoms with E-state index in [2.05, 4.69) is 59.6 Å². The van der Waals surface area contributed by atoms with Gasteiger partial charge in [-0.2, -0.15) is 0 Å². The van der Waals surface area contributed by atoms with Gasteiger partial charge in [-0.25, -0.2) is 4.99 Å². The van der Waals surface area contributed by atoms with E-state index in [1.165, 1.54) is 43.2 Å². The Morgan fingerprint density at radius 1 is 1.24 bits per heavy atom. The van der Waals surface area contributed by atoms with Crippen LogP contribution in [0.5, 0.6) is 0 Å². The van der Waals surface area contributed by atoms with Crippen LogP contribution in [0.2, 0.25) is 0 Å². The predicted molar refractivity (Wildman–Crippen MR) is 120 cm³/mol. The van der Waals surface area contributed by atoms with E-state index < -0.39 is 0 Å². The van der Waals surface area contributed by atoms with Crippen molar-refractivity contribution >= 4 is 41.3 Å². The summed E-state index contributed by atoms with van der Waals surface area (Å²) >= 11 is 1.78. The summed E-state index contributed by atoms with van der Waals surface area (Å²) in [5, 5.41) is 9.01. The number of aliphatic imine (C=N–C) groups is 1. The maximum atomic E-state index is 4.74. The van der Waals surface area contributed by atoms with Gasteiger partial charge in [-0.15, -0.1) is 35.3 Å². The summed E-state index contributed by atoms with van der Waals surface area (Å²) in [5.74, 6) is 0.921. The molecule has 1 fully saturated rings. The maximum Gasteiger partial charge on any atom is 0.191 e. The van der Waals surface area contributed by atoms with Crippen molar-refractivity contribution in [1.29, 1.82) is 0 Å². The number of aryl methyl sites for hydroxylation is 1. The highest BCUT2D eigenvalue weighted by Gasteiger charge is 2.20. The first kappa shape index (κ1) is 22.7. The summed E-state index contributed by atoms with van der Waals surface area (Å²) in [6.45, 7) is 17.3. The standard InChI is InChI=1S/C18H33N5S.HI/c1-5-19-18(21-14-17-15(3)7-12-24-17)20-13-16(4)23-10-8-22(6-2)9-11-23;/h7,12,16H,5-6,8-11,13-14H2,1-4H3,(H2,19,20,21);1H. The number of thiophene rings is 1. The lowest BCUT2D eigenvalue weighted by molar-refractivity contribution is 0.107. The van der Waals surface area contributed by atoms with Crippen molar-refractivity contribution in [1.82, 2.24) is 20.4 Å². The van der Waals surface area contributed by atoms with Crippen LogP contribution in [0.15, 0.2) is 16.4 Å². The van der Waals surface area contributed by atoms with Crippen molar-refractivity contribution in [2.45, 2.75) is 40.3 Å². The second-order valence-electron chi connectivity index (χ2n) is 6.42. The number of nitrogens with zero attached hydrogens (tertiary/aromatic N) is 3. The summed E-state index contributed by atoms with van der Waals surface area (Å²) in [5.41, 5.74) is 1.33. The zero-order chi connectivity index (χ0) is 17.4. The van der Waals surface area contributed by atoms with Crippen LogP contribution in [0.25, 0.3) is 0 Å². The molecule has 2 heterocycles. The van der Waals surface area contributed by atoms with Gasteiger partial charge in [0.25, 0.3) is 0 Å². The zero-order valence-electron chi connectivity index (χ0n) is 16.0. The Balaban J connectivity index is 0.00000312. The molecule has 1 aromatic rings. The summed E-state index contributed by atoms with van der Waals surface area (Å²) < 4.78 is 0. The normalized spacial score (nSPS) is 17.8. The molecule has 5 nitrogen and oxygen atoms in total. The van der Waals surface area contributed by atoms with Crippen LogP contribution < -0.4 is 10.6 Å². The highest BCUT2D eigenvalue weighted by atomic mass is 127. The van der Waals surface area contributed by atoms with Crippen LogP contribution in [0.4, 0.5) is 0 Å². The molecule has 144 valence electrons. The molecule has 1 unspecified atom stereocenters. The van der Waals surface area contributed by atoms with E-state index in [0.29, 0.717) is 6.04 Å². The summed E-state index contributed by atoms with van der Waals surface area (Å²) in [6, 6.07) is 2.68. The Morgan fingerprint density at radius 2 is 1.96 bits per heavy atom. The number of piperazine rings is 1. The molecule has 1 saturated heterocycles. The van der Waals surface area contributed by atoms with Gasteiger partial charge in [-0.05, 0) is 44.3 Å². The van der Waals surface area contributed by atoms with E-state index in [4.69, 9.17) is 4.99 Å². The van der Waals surface area contributed by atoms with Gasteiger partial charge in [0.05, 0.1) is 6.54 Å². The molecule has 0 bridgehead atoms. The number of halogens is 1. The minimum Gasteiger partial charge on any atom is -0.357 e. The second-order valence-corrected chi connectivity index (χ2v) is 7.42. The van der Waals surface area contributed by atoms with Gasteiger partial charge in [0, 0.05) is 50.2 Å².